The summed E-state index contributed by atoms with van der Waals surface area (Å²) in [6.45, 7) is 3.71. The second-order valence-corrected chi connectivity index (χ2v) is 8.36. The van der Waals surface area contributed by atoms with Gasteiger partial charge in [-0.3, -0.25) is 10.1 Å². The number of nitrogens with one attached hydrogen (secondary N) is 1. The zero-order valence-electron chi connectivity index (χ0n) is 16.9. The van der Waals surface area contributed by atoms with Crippen LogP contribution in [0.25, 0.3) is 0 Å². The van der Waals surface area contributed by atoms with Crippen molar-refractivity contribution >= 4 is 27.6 Å². The number of nitro benzene ring substituents is 1. The highest BCUT2D eigenvalue weighted by Crippen LogP contribution is 2.18. The maximum Gasteiger partial charge on any atom is 0.276 e. The lowest BCUT2D eigenvalue weighted by Crippen LogP contribution is -2.21. The van der Waals surface area contributed by atoms with Crippen molar-refractivity contribution in [2.75, 3.05) is 11.4 Å². The van der Waals surface area contributed by atoms with Gasteiger partial charge >= 0.3 is 0 Å². The molecule has 0 atom stereocenters. The highest BCUT2D eigenvalue weighted by atomic mass is 32.2. The topological polar surface area (TPSA) is 105 Å². The first-order valence-electron chi connectivity index (χ1n) is 9.57. The lowest BCUT2D eigenvalue weighted by Gasteiger charge is -2.23. The Bertz CT molecular complexity index is 1160. The number of nitro groups is 1. The van der Waals surface area contributed by atoms with Gasteiger partial charge in [-0.25, -0.2) is 4.83 Å². The van der Waals surface area contributed by atoms with Gasteiger partial charge in [0.2, 0.25) is 0 Å². The van der Waals surface area contributed by atoms with Crippen molar-refractivity contribution in [1.82, 2.24) is 4.83 Å². The second kappa shape index (κ2) is 9.86. The van der Waals surface area contributed by atoms with E-state index in [1.807, 2.05) is 42.5 Å². The fourth-order valence-electron chi connectivity index (χ4n) is 2.95. The number of hydrogen-bond acceptors (Lipinski definition) is 6. The van der Waals surface area contributed by atoms with E-state index < -0.39 is 14.9 Å². The molecule has 3 rings (SSSR count). The largest absolute Gasteiger partial charge is 0.367 e. The lowest BCUT2D eigenvalue weighted by molar-refractivity contribution is -0.385. The molecule has 9 heteroatoms. The van der Waals surface area contributed by atoms with Crippen molar-refractivity contribution in [3.8, 4) is 0 Å². The van der Waals surface area contributed by atoms with Crippen LogP contribution >= 0.6 is 0 Å². The molecular weight excluding hydrogens is 416 g/mol. The van der Waals surface area contributed by atoms with Crippen molar-refractivity contribution in [2.24, 2.45) is 5.10 Å². The minimum atomic E-state index is -4.01. The maximum atomic E-state index is 12.3. The van der Waals surface area contributed by atoms with Crippen LogP contribution in [-0.4, -0.2) is 26.1 Å². The number of anilines is 1. The molecule has 0 fully saturated rings. The summed E-state index contributed by atoms with van der Waals surface area (Å²) in [6, 6.07) is 22.5. The number of non-ortho nitro benzene ring substituents is 1. The van der Waals surface area contributed by atoms with E-state index in [9.17, 15) is 18.5 Å². The maximum absolute atomic E-state index is 12.3. The van der Waals surface area contributed by atoms with Crippen molar-refractivity contribution < 1.29 is 13.3 Å². The van der Waals surface area contributed by atoms with E-state index in [2.05, 4.69) is 33.9 Å². The number of benzene rings is 3. The van der Waals surface area contributed by atoms with Crippen LogP contribution < -0.4 is 9.73 Å². The lowest BCUT2D eigenvalue weighted by atomic mass is 10.1. The summed E-state index contributed by atoms with van der Waals surface area (Å²) >= 11 is 0. The van der Waals surface area contributed by atoms with Crippen LogP contribution in [0, 0.1) is 10.1 Å². The first kappa shape index (κ1) is 22.0. The Morgan fingerprint density at radius 2 is 1.74 bits per heavy atom. The van der Waals surface area contributed by atoms with Crippen LogP contribution in [0.1, 0.15) is 18.1 Å². The average molecular weight is 439 g/mol. The standard InChI is InChI=1S/C22H22N4O4S/c1-2-25(17-19-7-4-3-5-8-19)20-13-11-18(12-14-20)16-23-24-31(29,30)22-10-6-9-21(15-22)26(27)28/h3-16,24H,2,17H2,1H3/b23-16-. The Morgan fingerprint density at radius 1 is 1.03 bits per heavy atom. The Morgan fingerprint density at radius 3 is 2.39 bits per heavy atom. The van der Waals surface area contributed by atoms with E-state index >= 15 is 0 Å². The molecule has 3 aromatic rings. The van der Waals surface area contributed by atoms with Crippen LogP contribution in [-0.2, 0) is 16.6 Å². The smallest absolute Gasteiger partial charge is 0.276 e. The van der Waals surface area contributed by atoms with E-state index in [0.29, 0.717) is 5.56 Å². The zero-order valence-corrected chi connectivity index (χ0v) is 17.7. The molecule has 3 aromatic carbocycles. The Kier molecular flexibility index (Phi) is 6.99. The van der Waals surface area contributed by atoms with Gasteiger partial charge in [0, 0.05) is 30.9 Å². The van der Waals surface area contributed by atoms with E-state index in [1.165, 1.54) is 30.0 Å². The summed E-state index contributed by atoms with van der Waals surface area (Å²) < 4.78 is 24.6. The molecule has 0 radical (unpaired) electrons. The number of hydrazone groups is 1. The number of nitrogens with zero attached hydrogens (tertiary/aromatic N) is 3. The summed E-state index contributed by atoms with van der Waals surface area (Å²) in [5.41, 5.74) is 2.66. The Hall–Kier alpha value is -3.72. The summed E-state index contributed by atoms with van der Waals surface area (Å²) in [7, 11) is -4.01. The SMILES string of the molecule is CCN(Cc1ccccc1)c1ccc(/C=N\NS(=O)(=O)c2cccc([N+](=O)[O-])c2)cc1. The van der Waals surface area contributed by atoms with Gasteiger partial charge in [0.1, 0.15) is 0 Å². The van der Waals surface area contributed by atoms with Gasteiger partial charge in [-0.05, 0) is 36.2 Å². The molecular formula is C22H22N4O4S. The predicted molar refractivity (Wildman–Crippen MR) is 121 cm³/mol. The van der Waals surface area contributed by atoms with Crippen molar-refractivity contribution in [2.45, 2.75) is 18.4 Å². The highest BCUT2D eigenvalue weighted by molar-refractivity contribution is 7.89. The summed E-state index contributed by atoms with van der Waals surface area (Å²) in [5.74, 6) is 0. The molecule has 0 saturated heterocycles. The molecule has 0 unspecified atom stereocenters. The van der Waals surface area contributed by atoms with E-state index in [4.69, 9.17) is 0 Å². The highest BCUT2D eigenvalue weighted by Gasteiger charge is 2.16. The number of rotatable bonds is 9. The van der Waals surface area contributed by atoms with E-state index in [1.54, 1.807) is 0 Å². The van der Waals surface area contributed by atoms with E-state index in [-0.39, 0.29) is 10.6 Å². The summed E-state index contributed by atoms with van der Waals surface area (Å²) in [4.78, 5) is 14.3. The van der Waals surface area contributed by atoms with Gasteiger partial charge in [-0.15, -0.1) is 0 Å². The first-order valence-corrected chi connectivity index (χ1v) is 11.1. The number of sulfonamides is 1. The number of hydrogen-bond donors (Lipinski definition) is 1. The summed E-state index contributed by atoms with van der Waals surface area (Å²) in [6.07, 6.45) is 1.38. The van der Waals surface area contributed by atoms with E-state index in [0.717, 1.165) is 24.8 Å². The average Bonchev–Trinajstić information content (AvgIpc) is 2.79. The Balaban J connectivity index is 1.66. The minimum Gasteiger partial charge on any atom is -0.367 e. The molecule has 0 saturated carbocycles. The van der Waals surface area contributed by atoms with Crippen molar-refractivity contribution in [3.63, 3.8) is 0 Å². The minimum absolute atomic E-state index is 0.228. The third-order valence-corrected chi connectivity index (χ3v) is 5.80. The summed E-state index contributed by atoms with van der Waals surface area (Å²) in [5, 5.41) is 14.6. The fraction of sp³-hybridized carbons (Fsp3) is 0.136. The van der Waals surface area contributed by atoms with Gasteiger partial charge in [-0.1, -0.05) is 48.5 Å². The van der Waals surface area contributed by atoms with Crippen LogP contribution in [0.15, 0.2) is 88.9 Å². The Labute approximate surface area is 181 Å². The fourth-order valence-corrected chi connectivity index (χ4v) is 3.78. The van der Waals surface area contributed by atoms with Gasteiger partial charge in [-0.2, -0.15) is 13.5 Å². The first-order chi connectivity index (χ1) is 14.9. The molecule has 0 heterocycles. The predicted octanol–water partition coefficient (Wildman–Crippen LogP) is 3.93. The van der Waals surface area contributed by atoms with Crippen LogP contribution in [0.5, 0.6) is 0 Å². The quantitative estimate of drug-likeness (QED) is 0.310. The van der Waals surface area contributed by atoms with Crippen LogP contribution in [0.3, 0.4) is 0 Å². The van der Waals surface area contributed by atoms with Gasteiger partial charge in [0.15, 0.2) is 0 Å². The molecule has 8 nitrogen and oxygen atoms in total. The normalized spacial score (nSPS) is 11.4. The second-order valence-electron chi connectivity index (χ2n) is 6.70. The monoisotopic (exact) mass is 438 g/mol. The molecule has 0 amide bonds. The molecule has 1 N–H and O–H groups in total. The molecule has 0 bridgehead atoms. The zero-order chi connectivity index (χ0) is 22.3. The van der Waals surface area contributed by atoms with Gasteiger partial charge < -0.3 is 4.90 Å². The molecule has 0 aliphatic carbocycles. The van der Waals surface area contributed by atoms with Crippen LogP contribution in [0.4, 0.5) is 11.4 Å². The molecule has 0 aromatic heterocycles. The van der Waals surface area contributed by atoms with Crippen LogP contribution in [0.2, 0.25) is 0 Å². The molecule has 31 heavy (non-hydrogen) atoms. The van der Waals surface area contributed by atoms with Crippen molar-refractivity contribution in [3.05, 3.63) is 100 Å². The van der Waals surface area contributed by atoms with Gasteiger partial charge in [0.05, 0.1) is 16.0 Å². The van der Waals surface area contributed by atoms with Crippen molar-refractivity contribution in [1.29, 1.82) is 0 Å². The molecule has 0 spiro atoms. The molecule has 0 aliphatic heterocycles. The van der Waals surface area contributed by atoms with Gasteiger partial charge in [0.25, 0.3) is 15.7 Å². The third kappa shape index (κ3) is 5.89. The third-order valence-electron chi connectivity index (χ3n) is 4.58. The molecule has 160 valence electrons. The molecule has 0 aliphatic rings.